The number of aromatic nitrogens is 2. The smallest absolute Gasteiger partial charge is 0.253 e. The zero-order chi connectivity index (χ0) is 13.8. The quantitative estimate of drug-likeness (QED) is 0.729. The highest BCUT2D eigenvalue weighted by Gasteiger charge is 2.31. The van der Waals surface area contributed by atoms with Gasteiger partial charge in [-0.3, -0.25) is 4.79 Å². The van der Waals surface area contributed by atoms with Crippen LogP contribution in [0.25, 0.3) is 0 Å². The topological polar surface area (TPSA) is 67.8 Å². The van der Waals surface area contributed by atoms with Crippen molar-refractivity contribution in [1.82, 2.24) is 14.9 Å². The molecule has 108 valence electrons. The van der Waals surface area contributed by atoms with Gasteiger partial charge in [-0.15, -0.1) is 0 Å². The molecule has 3 rings (SSSR count). The molecular weight excluding hydrogens is 260 g/mol. The minimum Gasteiger partial charge on any atom is -0.378 e. The van der Waals surface area contributed by atoms with E-state index in [1.807, 2.05) is 4.90 Å². The molecule has 0 aliphatic carbocycles. The van der Waals surface area contributed by atoms with Gasteiger partial charge in [0.15, 0.2) is 6.10 Å². The Morgan fingerprint density at radius 2 is 1.90 bits per heavy atom. The average Bonchev–Trinajstić information content (AvgIpc) is 2.56. The SMILES string of the molecule is O=C([C@H]1CN(c2cncnc2)CCO1)N1CCOCC1. The molecule has 0 unspecified atom stereocenters. The highest BCUT2D eigenvalue weighted by molar-refractivity contribution is 5.82. The molecule has 1 amide bonds. The number of carbonyl (C=O) groups excluding carboxylic acids is 1. The first-order valence-electron chi connectivity index (χ1n) is 6.83. The van der Waals surface area contributed by atoms with Gasteiger partial charge >= 0.3 is 0 Å². The molecule has 0 bridgehead atoms. The highest BCUT2D eigenvalue weighted by Crippen LogP contribution is 2.16. The molecule has 7 heteroatoms. The standard InChI is InChI=1S/C13H18N4O3/c18-13(16-1-4-19-5-2-16)12-9-17(3-6-20-12)11-7-14-10-15-8-11/h7-8,10,12H,1-6,9H2/t12-/m1/s1. The van der Waals surface area contributed by atoms with Gasteiger partial charge in [0.05, 0.1) is 44.4 Å². The van der Waals surface area contributed by atoms with Crippen LogP contribution in [0.3, 0.4) is 0 Å². The van der Waals surface area contributed by atoms with E-state index in [-0.39, 0.29) is 5.91 Å². The van der Waals surface area contributed by atoms with Crippen molar-refractivity contribution >= 4 is 11.6 Å². The van der Waals surface area contributed by atoms with E-state index in [0.717, 1.165) is 12.2 Å². The normalized spacial score (nSPS) is 23.7. The number of hydrogen-bond acceptors (Lipinski definition) is 6. The van der Waals surface area contributed by atoms with Gasteiger partial charge in [0.2, 0.25) is 0 Å². The number of hydrogen-bond donors (Lipinski definition) is 0. The molecule has 20 heavy (non-hydrogen) atoms. The van der Waals surface area contributed by atoms with Crippen molar-refractivity contribution in [2.24, 2.45) is 0 Å². The first-order chi connectivity index (χ1) is 9.84. The molecule has 2 aliphatic rings. The zero-order valence-corrected chi connectivity index (χ0v) is 11.3. The molecule has 2 fully saturated rings. The van der Waals surface area contributed by atoms with E-state index in [2.05, 4.69) is 14.9 Å². The van der Waals surface area contributed by atoms with Gasteiger partial charge in [0.1, 0.15) is 6.33 Å². The Bertz CT molecular complexity index is 450. The molecule has 2 saturated heterocycles. The van der Waals surface area contributed by atoms with E-state index in [4.69, 9.17) is 9.47 Å². The number of nitrogens with zero attached hydrogens (tertiary/aromatic N) is 4. The van der Waals surface area contributed by atoms with Crippen molar-refractivity contribution in [2.75, 3.05) is 50.9 Å². The van der Waals surface area contributed by atoms with Crippen LogP contribution in [-0.2, 0) is 14.3 Å². The Hall–Kier alpha value is -1.73. The molecule has 7 nitrogen and oxygen atoms in total. The minimum atomic E-state index is -0.415. The van der Waals surface area contributed by atoms with Crippen molar-refractivity contribution < 1.29 is 14.3 Å². The summed E-state index contributed by atoms with van der Waals surface area (Å²) in [6, 6.07) is 0. The molecule has 0 aromatic carbocycles. The van der Waals surface area contributed by atoms with E-state index in [9.17, 15) is 4.79 Å². The maximum Gasteiger partial charge on any atom is 0.253 e. The number of amides is 1. The van der Waals surface area contributed by atoms with Crippen LogP contribution < -0.4 is 4.90 Å². The Labute approximate surface area is 117 Å². The number of anilines is 1. The van der Waals surface area contributed by atoms with Crippen LogP contribution in [0, 0.1) is 0 Å². The van der Waals surface area contributed by atoms with Gasteiger partial charge < -0.3 is 19.3 Å². The van der Waals surface area contributed by atoms with Gasteiger partial charge in [0.25, 0.3) is 5.91 Å². The summed E-state index contributed by atoms with van der Waals surface area (Å²) in [4.78, 5) is 24.4. The van der Waals surface area contributed by atoms with Crippen molar-refractivity contribution in [3.63, 3.8) is 0 Å². The first-order valence-corrected chi connectivity index (χ1v) is 6.83. The lowest BCUT2D eigenvalue weighted by molar-refractivity contribution is -0.148. The van der Waals surface area contributed by atoms with Crippen LogP contribution in [0.15, 0.2) is 18.7 Å². The van der Waals surface area contributed by atoms with E-state index in [1.165, 1.54) is 6.33 Å². The van der Waals surface area contributed by atoms with Crippen LogP contribution in [0.1, 0.15) is 0 Å². The zero-order valence-electron chi connectivity index (χ0n) is 11.3. The Kier molecular flexibility index (Phi) is 4.08. The molecule has 0 spiro atoms. The fourth-order valence-corrected chi connectivity index (χ4v) is 2.48. The van der Waals surface area contributed by atoms with Gasteiger partial charge in [-0.1, -0.05) is 0 Å². The summed E-state index contributed by atoms with van der Waals surface area (Å²) in [5, 5.41) is 0. The molecular formula is C13H18N4O3. The van der Waals surface area contributed by atoms with Crippen molar-refractivity contribution in [3.8, 4) is 0 Å². The van der Waals surface area contributed by atoms with Crippen molar-refractivity contribution in [1.29, 1.82) is 0 Å². The summed E-state index contributed by atoms with van der Waals surface area (Å²) in [5.74, 6) is 0.0508. The second-order valence-corrected chi connectivity index (χ2v) is 4.84. The summed E-state index contributed by atoms with van der Waals surface area (Å²) in [6.07, 6.45) is 4.60. The second-order valence-electron chi connectivity index (χ2n) is 4.84. The van der Waals surface area contributed by atoms with Crippen LogP contribution in [-0.4, -0.2) is 72.9 Å². The monoisotopic (exact) mass is 278 g/mol. The van der Waals surface area contributed by atoms with Crippen LogP contribution in [0.2, 0.25) is 0 Å². The summed E-state index contributed by atoms with van der Waals surface area (Å²) < 4.78 is 10.9. The molecule has 2 aliphatic heterocycles. The lowest BCUT2D eigenvalue weighted by Gasteiger charge is -2.36. The fraction of sp³-hybridized carbons (Fsp3) is 0.615. The number of rotatable bonds is 2. The molecule has 1 atom stereocenters. The third-order valence-corrected chi connectivity index (χ3v) is 3.58. The second kappa shape index (κ2) is 6.15. The van der Waals surface area contributed by atoms with Gasteiger partial charge in [-0.2, -0.15) is 0 Å². The molecule has 0 saturated carbocycles. The van der Waals surface area contributed by atoms with E-state index < -0.39 is 6.10 Å². The van der Waals surface area contributed by atoms with Crippen molar-refractivity contribution in [2.45, 2.75) is 6.10 Å². The highest BCUT2D eigenvalue weighted by atomic mass is 16.5. The third kappa shape index (κ3) is 2.88. The molecule has 1 aromatic rings. The van der Waals surface area contributed by atoms with Gasteiger partial charge in [-0.05, 0) is 0 Å². The molecule has 1 aromatic heterocycles. The largest absolute Gasteiger partial charge is 0.378 e. The minimum absolute atomic E-state index is 0.0508. The summed E-state index contributed by atoms with van der Waals surface area (Å²) in [6.45, 7) is 4.34. The van der Waals surface area contributed by atoms with Crippen LogP contribution >= 0.6 is 0 Å². The van der Waals surface area contributed by atoms with Crippen LogP contribution in [0.4, 0.5) is 5.69 Å². The van der Waals surface area contributed by atoms with E-state index >= 15 is 0 Å². The number of morpholine rings is 2. The maximum atomic E-state index is 12.4. The Balaban J connectivity index is 1.64. The third-order valence-electron chi connectivity index (χ3n) is 3.58. The maximum absolute atomic E-state index is 12.4. The molecule has 3 heterocycles. The van der Waals surface area contributed by atoms with Gasteiger partial charge in [-0.25, -0.2) is 9.97 Å². The number of carbonyl (C=O) groups is 1. The lowest BCUT2D eigenvalue weighted by Crippen LogP contribution is -2.53. The predicted molar refractivity (Wildman–Crippen MR) is 71.4 cm³/mol. The fourth-order valence-electron chi connectivity index (χ4n) is 2.48. The summed E-state index contributed by atoms with van der Waals surface area (Å²) >= 11 is 0. The summed E-state index contributed by atoms with van der Waals surface area (Å²) in [7, 11) is 0. The van der Waals surface area contributed by atoms with Crippen molar-refractivity contribution in [3.05, 3.63) is 18.7 Å². The number of ether oxygens (including phenoxy) is 2. The van der Waals surface area contributed by atoms with E-state index in [1.54, 1.807) is 12.4 Å². The lowest BCUT2D eigenvalue weighted by atomic mass is 10.2. The summed E-state index contributed by atoms with van der Waals surface area (Å²) in [5.41, 5.74) is 0.926. The molecule has 0 N–H and O–H groups in total. The van der Waals surface area contributed by atoms with Crippen LogP contribution in [0.5, 0.6) is 0 Å². The van der Waals surface area contributed by atoms with E-state index in [0.29, 0.717) is 39.5 Å². The first kappa shape index (κ1) is 13.3. The average molecular weight is 278 g/mol. The molecule has 0 radical (unpaired) electrons. The Morgan fingerprint density at radius 1 is 1.15 bits per heavy atom. The van der Waals surface area contributed by atoms with Gasteiger partial charge in [0, 0.05) is 19.6 Å². The Morgan fingerprint density at radius 3 is 2.65 bits per heavy atom. The predicted octanol–water partition coefficient (Wildman–Crippen LogP) is -0.459.